The highest BCUT2D eigenvalue weighted by Crippen LogP contribution is 2.32. The number of oxazole rings is 1. The Bertz CT molecular complexity index is 1480. The Labute approximate surface area is 220 Å². The van der Waals surface area contributed by atoms with Crippen LogP contribution >= 0.6 is 0 Å². The van der Waals surface area contributed by atoms with E-state index < -0.39 is 0 Å². The van der Waals surface area contributed by atoms with Gasteiger partial charge >= 0.3 is 0 Å². The monoisotopic (exact) mass is 517 g/mol. The van der Waals surface area contributed by atoms with Crippen LogP contribution in [-0.2, 0) is 24.3 Å². The van der Waals surface area contributed by atoms with E-state index >= 15 is 0 Å². The van der Waals surface area contributed by atoms with E-state index in [1.807, 2.05) is 30.0 Å². The number of benzene rings is 2. The van der Waals surface area contributed by atoms with Crippen LogP contribution in [-0.4, -0.2) is 57.6 Å². The molecule has 1 amide bonds. The number of carbonyl (C=O) groups excluding carboxylic acids is 1. The van der Waals surface area contributed by atoms with Crippen molar-refractivity contribution >= 4 is 17.0 Å². The quantitative estimate of drug-likeness (QED) is 0.393. The molecule has 38 heavy (non-hydrogen) atoms. The molecule has 0 bridgehead atoms. The maximum atomic E-state index is 14.5. The molecule has 1 N–H and O–H groups in total. The van der Waals surface area contributed by atoms with Crippen LogP contribution in [0.25, 0.3) is 22.4 Å². The van der Waals surface area contributed by atoms with Gasteiger partial charge in [0, 0.05) is 68.3 Å². The van der Waals surface area contributed by atoms with Gasteiger partial charge in [-0.15, -0.1) is 0 Å². The fourth-order valence-corrected chi connectivity index (χ4v) is 5.88. The lowest BCUT2D eigenvalue weighted by atomic mass is 9.93. The van der Waals surface area contributed by atoms with Crippen molar-refractivity contribution in [3.05, 3.63) is 64.9 Å². The summed E-state index contributed by atoms with van der Waals surface area (Å²) in [5, 5.41) is 7.78. The van der Waals surface area contributed by atoms with E-state index in [2.05, 4.69) is 20.1 Å². The van der Waals surface area contributed by atoms with Crippen LogP contribution < -0.4 is 4.74 Å². The number of aromatic nitrogens is 3. The fourth-order valence-electron chi connectivity index (χ4n) is 5.88. The molecular formula is C29H32FN5O3. The van der Waals surface area contributed by atoms with Gasteiger partial charge in [0.2, 0.25) is 5.91 Å². The molecule has 6 rings (SSSR count). The molecule has 0 spiro atoms. The number of amides is 1. The van der Waals surface area contributed by atoms with Crippen molar-refractivity contribution in [3.63, 3.8) is 0 Å². The maximum absolute atomic E-state index is 14.5. The summed E-state index contributed by atoms with van der Waals surface area (Å²) >= 11 is 0. The van der Waals surface area contributed by atoms with Crippen LogP contribution in [0, 0.1) is 18.7 Å². The molecule has 4 aromatic rings. The molecule has 198 valence electrons. The fraction of sp³-hybridized carbons (Fsp3) is 0.414. The van der Waals surface area contributed by atoms with Crippen molar-refractivity contribution in [3.8, 4) is 17.0 Å². The number of piperidine rings is 1. The molecule has 8 nitrogen and oxygen atoms in total. The Kier molecular flexibility index (Phi) is 6.61. The van der Waals surface area contributed by atoms with Gasteiger partial charge in [-0.1, -0.05) is 6.07 Å². The van der Waals surface area contributed by atoms with Gasteiger partial charge in [-0.3, -0.25) is 14.8 Å². The minimum Gasteiger partial charge on any atom is -0.496 e. The number of ether oxygens (including phenoxy) is 1. The molecule has 0 radical (unpaired) electrons. The maximum Gasteiger partial charge on any atom is 0.223 e. The number of aromatic amines is 1. The van der Waals surface area contributed by atoms with Gasteiger partial charge in [0.05, 0.1) is 12.8 Å². The normalized spacial score (nSPS) is 18.1. The number of hydrogen-bond acceptors (Lipinski definition) is 6. The van der Waals surface area contributed by atoms with E-state index in [1.165, 1.54) is 6.07 Å². The number of nitrogens with zero attached hydrogens (tertiary/aromatic N) is 4. The molecule has 9 heteroatoms. The number of hydrogen-bond donors (Lipinski definition) is 1. The Balaban J connectivity index is 1.12. The summed E-state index contributed by atoms with van der Waals surface area (Å²) in [4.78, 5) is 22.1. The topological polar surface area (TPSA) is 87.5 Å². The SMILES string of the molecule is COc1cccc(F)c1CN1CCC[C@@H](CC(=O)N2CCc3[nH]nc(-c4ccc5oc(C)nc5c4)c3C2)C1. The molecule has 0 saturated carbocycles. The Hall–Kier alpha value is -3.72. The zero-order valence-corrected chi connectivity index (χ0v) is 21.8. The van der Waals surface area contributed by atoms with E-state index in [1.54, 1.807) is 19.2 Å². The minimum atomic E-state index is -0.250. The van der Waals surface area contributed by atoms with Gasteiger partial charge in [-0.05, 0) is 55.6 Å². The van der Waals surface area contributed by atoms with Crippen LogP contribution in [0.2, 0.25) is 0 Å². The van der Waals surface area contributed by atoms with Gasteiger partial charge in [-0.25, -0.2) is 9.37 Å². The summed E-state index contributed by atoms with van der Waals surface area (Å²) in [6, 6.07) is 10.8. The third-order valence-corrected chi connectivity index (χ3v) is 7.80. The van der Waals surface area contributed by atoms with E-state index in [0.717, 1.165) is 66.0 Å². The largest absolute Gasteiger partial charge is 0.496 e. The second-order valence-electron chi connectivity index (χ2n) is 10.4. The summed E-state index contributed by atoms with van der Waals surface area (Å²) in [6.07, 6.45) is 3.25. The van der Waals surface area contributed by atoms with Gasteiger partial charge in [0.15, 0.2) is 11.5 Å². The highest BCUT2D eigenvalue weighted by molar-refractivity contribution is 5.81. The summed E-state index contributed by atoms with van der Waals surface area (Å²) < 4.78 is 25.5. The van der Waals surface area contributed by atoms with Crippen molar-refractivity contribution in [2.75, 3.05) is 26.7 Å². The zero-order valence-electron chi connectivity index (χ0n) is 21.8. The molecular weight excluding hydrogens is 485 g/mol. The van der Waals surface area contributed by atoms with Crippen LogP contribution in [0.4, 0.5) is 4.39 Å². The van der Waals surface area contributed by atoms with Crippen molar-refractivity contribution in [1.29, 1.82) is 0 Å². The first-order valence-corrected chi connectivity index (χ1v) is 13.2. The number of fused-ring (bicyclic) bond motifs is 2. The van der Waals surface area contributed by atoms with Crippen LogP contribution in [0.5, 0.6) is 5.75 Å². The lowest BCUT2D eigenvalue weighted by Crippen LogP contribution is -2.40. The molecule has 0 unspecified atom stereocenters. The predicted molar refractivity (Wildman–Crippen MR) is 141 cm³/mol. The number of rotatable bonds is 6. The first-order valence-electron chi connectivity index (χ1n) is 13.2. The van der Waals surface area contributed by atoms with Crippen molar-refractivity contribution in [1.82, 2.24) is 25.0 Å². The molecule has 2 aliphatic rings. The number of halogens is 1. The first kappa shape index (κ1) is 24.6. The molecule has 1 saturated heterocycles. The van der Waals surface area contributed by atoms with Crippen LogP contribution in [0.15, 0.2) is 40.8 Å². The Morgan fingerprint density at radius 1 is 1.26 bits per heavy atom. The summed E-state index contributed by atoms with van der Waals surface area (Å²) in [5.41, 5.74) is 6.12. The highest BCUT2D eigenvalue weighted by Gasteiger charge is 2.29. The molecule has 2 aromatic carbocycles. The smallest absolute Gasteiger partial charge is 0.223 e. The van der Waals surface area contributed by atoms with E-state index in [4.69, 9.17) is 9.15 Å². The van der Waals surface area contributed by atoms with Gasteiger partial charge in [0.1, 0.15) is 17.1 Å². The lowest BCUT2D eigenvalue weighted by Gasteiger charge is -2.34. The van der Waals surface area contributed by atoms with E-state index in [0.29, 0.717) is 43.3 Å². The lowest BCUT2D eigenvalue weighted by molar-refractivity contribution is -0.133. The number of carbonyl (C=O) groups is 1. The number of methoxy groups -OCH3 is 1. The van der Waals surface area contributed by atoms with Crippen LogP contribution in [0.3, 0.4) is 0 Å². The van der Waals surface area contributed by atoms with Gasteiger partial charge in [0.25, 0.3) is 0 Å². The number of nitrogens with one attached hydrogen (secondary N) is 1. The third-order valence-electron chi connectivity index (χ3n) is 7.80. The molecule has 1 atom stereocenters. The first-order chi connectivity index (χ1) is 18.5. The van der Waals surface area contributed by atoms with Crippen molar-refractivity contribution in [2.45, 2.75) is 45.7 Å². The molecule has 2 aromatic heterocycles. The number of aryl methyl sites for hydroxylation is 1. The number of likely N-dealkylation sites (tertiary alicyclic amines) is 1. The van der Waals surface area contributed by atoms with E-state index in [9.17, 15) is 9.18 Å². The second-order valence-corrected chi connectivity index (χ2v) is 10.4. The molecule has 4 heterocycles. The predicted octanol–water partition coefficient (Wildman–Crippen LogP) is 4.86. The average molecular weight is 518 g/mol. The zero-order chi connectivity index (χ0) is 26.2. The standard InChI is InChI=1S/C29H32FN5O3/c1-18-31-25-14-20(8-9-27(25)38-18)29-22-17-35(12-10-24(22)32-33-29)28(36)13-19-5-4-11-34(15-19)16-21-23(30)6-3-7-26(21)37-2/h3,6-9,14,19H,4-5,10-13,15-17H2,1-2H3,(H,32,33)/t19-/m0/s1. The third kappa shape index (κ3) is 4.78. The molecule has 2 aliphatic heterocycles. The Morgan fingerprint density at radius 2 is 2.16 bits per heavy atom. The van der Waals surface area contributed by atoms with E-state index in [-0.39, 0.29) is 17.6 Å². The molecule has 1 fully saturated rings. The van der Waals surface area contributed by atoms with Crippen molar-refractivity contribution in [2.24, 2.45) is 5.92 Å². The van der Waals surface area contributed by atoms with Crippen molar-refractivity contribution < 1.29 is 18.3 Å². The highest BCUT2D eigenvalue weighted by atomic mass is 19.1. The Morgan fingerprint density at radius 3 is 3.03 bits per heavy atom. The average Bonchev–Trinajstić information content (AvgIpc) is 3.51. The molecule has 0 aliphatic carbocycles. The summed E-state index contributed by atoms with van der Waals surface area (Å²) in [6.45, 7) is 5.21. The summed E-state index contributed by atoms with van der Waals surface area (Å²) in [7, 11) is 1.57. The van der Waals surface area contributed by atoms with Crippen LogP contribution in [0.1, 0.15) is 42.0 Å². The summed E-state index contributed by atoms with van der Waals surface area (Å²) in [5.74, 6) is 1.37. The number of H-pyrrole nitrogens is 1. The van der Waals surface area contributed by atoms with Gasteiger partial charge < -0.3 is 14.1 Å². The van der Waals surface area contributed by atoms with Gasteiger partial charge in [-0.2, -0.15) is 5.10 Å². The second kappa shape index (κ2) is 10.2. The minimum absolute atomic E-state index is 0.167.